The van der Waals surface area contributed by atoms with Crippen molar-refractivity contribution in [3.63, 3.8) is 0 Å². The van der Waals surface area contributed by atoms with Gasteiger partial charge in [-0.05, 0) is 137 Å². The van der Waals surface area contributed by atoms with Crippen LogP contribution in [0.25, 0.3) is 88.2 Å². The molecule has 0 saturated heterocycles. The molecule has 3 heterocycles. The molecule has 57 heavy (non-hydrogen) atoms. The van der Waals surface area contributed by atoms with E-state index in [0.29, 0.717) is 0 Å². The second-order valence-corrected chi connectivity index (χ2v) is 15.6. The molecule has 3 nitrogen and oxygen atoms in total. The molecule has 0 spiro atoms. The van der Waals surface area contributed by atoms with Crippen molar-refractivity contribution in [2.24, 2.45) is 0 Å². The van der Waals surface area contributed by atoms with E-state index >= 15 is 0 Å². The molecule has 4 heteroatoms. The van der Waals surface area contributed by atoms with Gasteiger partial charge >= 0.3 is 0 Å². The van der Waals surface area contributed by atoms with Crippen molar-refractivity contribution in [1.82, 2.24) is 14.1 Å². The standard InChI is InChI=1S/C53H39N3S/c1-4-13-42(14-5-2)55-49-26-24-41(40-23-22-37-17-9-10-18-38(37)30-40)32-47(49)48-33-44(25-27-50(48)55)57-52-34-51-46(29-35(52)3)45-21-12-28-54-53(45)56(51)43-20-11-19-39(31-43)36-15-7-6-8-16-36/h4-34H,1H2,2-3H3/b14-5-,42-13+. The van der Waals surface area contributed by atoms with Gasteiger partial charge in [-0.25, -0.2) is 4.98 Å². The maximum absolute atomic E-state index is 4.93. The van der Waals surface area contributed by atoms with Crippen LogP contribution in [0.3, 0.4) is 0 Å². The molecular formula is C53H39N3S. The quantitative estimate of drug-likeness (QED) is 0.144. The maximum atomic E-state index is 4.93. The van der Waals surface area contributed by atoms with E-state index in [2.05, 4.69) is 199 Å². The van der Waals surface area contributed by atoms with E-state index in [4.69, 9.17) is 4.98 Å². The predicted molar refractivity (Wildman–Crippen MR) is 245 cm³/mol. The van der Waals surface area contributed by atoms with Gasteiger partial charge in [0.25, 0.3) is 0 Å². The highest BCUT2D eigenvalue weighted by Gasteiger charge is 2.18. The van der Waals surface area contributed by atoms with Crippen molar-refractivity contribution >= 4 is 72.0 Å². The van der Waals surface area contributed by atoms with Gasteiger partial charge in [0.1, 0.15) is 5.65 Å². The third-order valence-electron chi connectivity index (χ3n) is 11.0. The largest absolute Gasteiger partial charge is 0.309 e. The summed E-state index contributed by atoms with van der Waals surface area (Å²) < 4.78 is 4.68. The average molecular weight is 750 g/mol. The Morgan fingerprint density at radius 2 is 1.32 bits per heavy atom. The lowest BCUT2D eigenvalue weighted by molar-refractivity contribution is 1.13. The molecule has 10 rings (SSSR count). The SMILES string of the molecule is C=C/C=C(\C=C/C)n1c2ccc(Sc3cc4c(cc3C)c3cccnc3n4-c3cccc(-c4ccccc4)c3)cc2c2cc(-c3ccc4ccccc4c3)ccc21. The smallest absolute Gasteiger partial charge is 0.145 e. The summed E-state index contributed by atoms with van der Waals surface area (Å²) in [6, 6.07) is 57.4. The minimum absolute atomic E-state index is 0.959. The Bertz CT molecular complexity index is 3250. The average Bonchev–Trinajstić information content (AvgIpc) is 3.75. The lowest BCUT2D eigenvalue weighted by Gasteiger charge is -2.12. The van der Waals surface area contributed by atoms with Crippen LogP contribution >= 0.6 is 11.8 Å². The van der Waals surface area contributed by atoms with Crippen LogP contribution in [0.5, 0.6) is 0 Å². The van der Waals surface area contributed by atoms with Crippen LogP contribution in [0.2, 0.25) is 0 Å². The first-order valence-electron chi connectivity index (χ1n) is 19.3. The van der Waals surface area contributed by atoms with Gasteiger partial charge in [-0.1, -0.05) is 115 Å². The van der Waals surface area contributed by atoms with E-state index in [9.17, 15) is 0 Å². The molecule has 0 aliphatic carbocycles. The molecule has 0 radical (unpaired) electrons. The number of fused-ring (bicyclic) bond motifs is 7. The van der Waals surface area contributed by atoms with Crippen molar-refractivity contribution in [3.8, 4) is 27.9 Å². The Morgan fingerprint density at radius 3 is 2.16 bits per heavy atom. The van der Waals surface area contributed by atoms with Crippen molar-refractivity contribution in [3.05, 3.63) is 200 Å². The van der Waals surface area contributed by atoms with Gasteiger partial charge in [-0.3, -0.25) is 4.57 Å². The maximum Gasteiger partial charge on any atom is 0.145 e. The fourth-order valence-electron chi connectivity index (χ4n) is 8.32. The molecule has 0 unspecified atom stereocenters. The number of nitrogens with zero attached hydrogens (tertiary/aromatic N) is 3. The highest BCUT2D eigenvalue weighted by molar-refractivity contribution is 7.99. The molecule has 0 fully saturated rings. The zero-order valence-corrected chi connectivity index (χ0v) is 32.7. The number of hydrogen-bond donors (Lipinski definition) is 0. The Labute approximate surface area is 336 Å². The third-order valence-corrected chi connectivity index (χ3v) is 12.1. The summed E-state index contributed by atoms with van der Waals surface area (Å²) in [6.07, 6.45) is 10.1. The van der Waals surface area contributed by atoms with E-state index in [1.165, 1.54) is 64.5 Å². The zero-order valence-electron chi connectivity index (χ0n) is 31.9. The van der Waals surface area contributed by atoms with E-state index in [1.54, 1.807) is 0 Å². The number of allylic oxidation sites excluding steroid dienone is 5. The molecule has 0 N–H and O–H groups in total. The highest BCUT2D eigenvalue weighted by atomic mass is 32.2. The summed E-state index contributed by atoms with van der Waals surface area (Å²) in [5.41, 5.74) is 12.6. The van der Waals surface area contributed by atoms with Crippen LogP contribution in [0.15, 0.2) is 205 Å². The van der Waals surface area contributed by atoms with E-state index in [-0.39, 0.29) is 0 Å². The molecule has 0 saturated carbocycles. The number of aryl methyl sites for hydroxylation is 1. The van der Waals surface area contributed by atoms with Crippen molar-refractivity contribution in [1.29, 1.82) is 0 Å². The van der Waals surface area contributed by atoms with Crippen LogP contribution in [0.4, 0.5) is 0 Å². The topological polar surface area (TPSA) is 22.8 Å². The fourth-order valence-corrected chi connectivity index (χ4v) is 9.28. The molecule has 10 aromatic rings. The first-order chi connectivity index (χ1) is 28.1. The Kier molecular flexibility index (Phi) is 8.69. The van der Waals surface area contributed by atoms with Gasteiger partial charge in [0, 0.05) is 48.9 Å². The number of benzene rings is 7. The molecule has 3 aromatic heterocycles. The summed E-state index contributed by atoms with van der Waals surface area (Å²) in [6.45, 7) is 8.33. The van der Waals surface area contributed by atoms with Crippen LogP contribution in [-0.2, 0) is 0 Å². The fraction of sp³-hybridized carbons (Fsp3) is 0.0377. The molecule has 0 atom stereocenters. The highest BCUT2D eigenvalue weighted by Crippen LogP contribution is 2.42. The van der Waals surface area contributed by atoms with Crippen molar-refractivity contribution < 1.29 is 0 Å². The number of hydrogen-bond acceptors (Lipinski definition) is 2. The van der Waals surface area contributed by atoms with E-state index in [1.807, 2.05) is 30.1 Å². The lowest BCUT2D eigenvalue weighted by Crippen LogP contribution is -1.96. The minimum Gasteiger partial charge on any atom is -0.309 e. The Balaban J connectivity index is 1.13. The minimum atomic E-state index is 0.959. The second kappa shape index (κ2) is 14.3. The van der Waals surface area contributed by atoms with Crippen LogP contribution in [0, 0.1) is 6.92 Å². The van der Waals surface area contributed by atoms with Crippen molar-refractivity contribution in [2.75, 3.05) is 0 Å². The first-order valence-corrected chi connectivity index (χ1v) is 20.2. The van der Waals surface area contributed by atoms with Gasteiger partial charge in [0.2, 0.25) is 0 Å². The van der Waals surface area contributed by atoms with Crippen LogP contribution in [-0.4, -0.2) is 14.1 Å². The summed E-state index contributed by atoms with van der Waals surface area (Å²) in [4.78, 5) is 7.33. The zero-order chi connectivity index (χ0) is 38.5. The Hall–Kier alpha value is -6.88. The summed E-state index contributed by atoms with van der Waals surface area (Å²) in [7, 11) is 0. The second-order valence-electron chi connectivity index (χ2n) is 14.5. The van der Waals surface area contributed by atoms with Gasteiger partial charge in [0.15, 0.2) is 0 Å². The van der Waals surface area contributed by atoms with Crippen LogP contribution < -0.4 is 0 Å². The van der Waals surface area contributed by atoms with Gasteiger partial charge in [-0.15, -0.1) is 0 Å². The Morgan fingerprint density at radius 1 is 0.596 bits per heavy atom. The molecular weight excluding hydrogens is 711 g/mol. The molecule has 0 aliphatic heterocycles. The lowest BCUT2D eigenvalue weighted by atomic mass is 9.99. The molecule has 7 aromatic carbocycles. The summed E-state index contributed by atoms with van der Waals surface area (Å²) in [5, 5.41) is 7.28. The first kappa shape index (κ1) is 34.6. The molecule has 272 valence electrons. The molecule has 0 aliphatic rings. The normalized spacial score (nSPS) is 12.2. The monoisotopic (exact) mass is 749 g/mol. The summed E-state index contributed by atoms with van der Waals surface area (Å²) >= 11 is 1.82. The van der Waals surface area contributed by atoms with Gasteiger partial charge in [0.05, 0.1) is 16.6 Å². The number of pyridine rings is 1. The molecule has 0 amide bonds. The molecule has 0 bridgehead atoms. The van der Waals surface area contributed by atoms with Gasteiger partial charge < -0.3 is 4.57 Å². The third kappa shape index (κ3) is 6.06. The van der Waals surface area contributed by atoms with Crippen molar-refractivity contribution in [2.45, 2.75) is 23.6 Å². The van der Waals surface area contributed by atoms with Gasteiger partial charge in [-0.2, -0.15) is 0 Å². The number of rotatable bonds is 8. The number of aromatic nitrogens is 3. The van der Waals surface area contributed by atoms with Crippen LogP contribution in [0.1, 0.15) is 12.5 Å². The summed E-state index contributed by atoms with van der Waals surface area (Å²) in [5.74, 6) is 0. The van der Waals surface area contributed by atoms with E-state index < -0.39 is 0 Å². The predicted octanol–water partition coefficient (Wildman–Crippen LogP) is 14.8. The van der Waals surface area contributed by atoms with E-state index in [0.717, 1.165) is 39.0 Å².